The molecule has 2 fully saturated rings. The highest BCUT2D eigenvalue weighted by molar-refractivity contribution is 7.87. The SMILES string of the molecule is O=C(O)[C@@H]1CCCN1C(=O)Nc1nc2ccc(OS(=O)(=O)c3ccc(NC4CCCC4)cc3)cc2[nH]1. The van der Waals surface area contributed by atoms with Gasteiger partial charge in [0.2, 0.25) is 5.95 Å². The molecule has 2 aromatic carbocycles. The summed E-state index contributed by atoms with van der Waals surface area (Å²) in [7, 11) is -4.06. The van der Waals surface area contributed by atoms with E-state index in [2.05, 4.69) is 20.6 Å². The van der Waals surface area contributed by atoms with Crippen LogP contribution in [0.4, 0.5) is 16.4 Å². The van der Waals surface area contributed by atoms with Crippen LogP contribution in [0.15, 0.2) is 47.4 Å². The molecule has 190 valence electrons. The van der Waals surface area contributed by atoms with E-state index in [4.69, 9.17) is 4.18 Å². The van der Waals surface area contributed by atoms with Crippen molar-refractivity contribution in [3.8, 4) is 5.75 Å². The number of fused-ring (bicyclic) bond motifs is 1. The molecule has 2 amide bonds. The molecule has 1 saturated carbocycles. The number of carboxylic acids is 1. The number of carbonyl (C=O) groups is 2. The van der Waals surface area contributed by atoms with Gasteiger partial charge in [-0.25, -0.2) is 14.6 Å². The van der Waals surface area contributed by atoms with E-state index in [1.807, 2.05) is 0 Å². The largest absolute Gasteiger partial charge is 0.480 e. The first-order chi connectivity index (χ1) is 17.3. The van der Waals surface area contributed by atoms with Crippen molar-refractivity contribution in [2.24, 2.45) is 0 Å². The molecule has 12 heteroatoms. The number of aromatic amines is 1. The molecular formula is C24H27N5O6S. The second-order valence-corrected chi connectivity index (χ2v) is 10.6. The van der Waals surface area contributed by atoms with E-state index in [9.17, 15) is 23.1 Å². The number of H-pyrrole nitrogens is 1. The summed E-state index contributed by atoms with van der Waals surface area (Å²) < 4.78 is 30.9. The Balaban J connectivity index is 1.26. The second-order valence-electron chi connectivity index (χ2n) is 9.07. The molecule has 0 radical (unpaired) electrons. The first-order valence-electron chi connectivity index (χ1n) is 11.9. The van der Waals surface area contributed by atoms with Crippen molar-refractivity contribution in [3.63, 3.8) is 0 Å². The molecule has 1 atom stereocenters. The van der Waals surface area contributed by atoms with E-state index in [1.54, 1.807) is 18.2 Å². The molecule has 11 nitrogen and oxygen atoms in total. The molecule has 3 aromatic rings. The number of hydrogen-bond acceptors (Lipinski definition) is 7. The number of benzene rings is 2. The molecule has 2 heterocycles. The summed E-state index contributed by atoms with van der Waals surface area (Å²) in [6, 6.07) is 10.00. The summed E-state index contributed by atoms with van der Waals surface area (Å²) in [5.41, 5.74) is 1.80. The molecule has 1 aliphatic carbocycles. The maximum Gasteiger partial charge on any atom is 0.339 e. The predicted octanol–water partition coefficient (Wildman–Crippen LogP) is 3.77. The monoisotopic (exact) mass is 513 g/mol. The Kier molecular flexibility index (Phi) is 6.44. The third-order valence-electron chi connectivity index (χ3n) is 6.55. The van der Waals surface area contributed by atoms with Gasteiger partial charge < -0.3 is 24.5 Å². The Morgan fingerprint density at radius 2 is 1.81 bits per heavy atom. The van der Waals surface area contributed by atoms with Gasteiger partial charge in [-0.15, -0.1) is 0 Å². The van der Waals surface area contributed by atoms with Crippen LogP contribution in [0.3, 0.4) is 0 Å². The summed E-state index contributed by atoms with van der Waals surface area (Å²) in [4.78, 5) is 32.3. The Morgan fingerprint density at radius 3 is 2.53 bits per heavy atom. The zero-order chi connectivity index (χ0) is 25.3. The summed E-state index contributed by atoms with van der Waals surface area (Å²) in [5, 5.41) is 15.3. The lowest BCUT2D eigenvalue weighted by Gasteiger charge is -2.20. The Bertz CT molecular complexity index is 1380. The van der Waals surface area contributed by atoms with Gasteiger partial charge in [-0.3, -0.25) is 5.32 Å². The average molecular weight is 514 g/mol. The third kappa shape index (κ3) is 5.08. The smallest absolute Gasteiger partial charge is 0.339 e. The maximum atomic E-state index is 12.8. The lowest BCUT2D eigenvalue weighted by atomic mass is 10.2. The quantitative estimate of drug-likeness (QED) is 0.348. The maximum absolute atomic E-state index is 12.8. The molecule has 0 spiro atoms. The molecule has 0 unspecified atom stereocenters. The molecule has 36 heavy (non-hydrogen) atoms. The number of likely N-dealkylation sites (tertiary alicyclic amines) is 1. The summed E-state index contributed by atoms with van der Waals surface area (Å²) in [6.07, 6.45) is 5.65. The molecule has 2 aliphatic rings. The fraction of sp³-hybridized carbons (Fsp3) is 0.375. The molecule has 1 aliphatic heterocycles. The lowest BCUT2D eigenvalue weighted by molar-refractivity contribution is -0.141. The van der Waals surface area contributed by atoms with Gasteiger partial charge in [0.05, 0.1) is 11.0 Å². The van der Waals surface area contributed by atoms with Gasteiger partial charge in [0, 0.05) is 24.3 Å². The van der Waals surface area contributed by atoms with Crippen LogP contribution in [0.5, 0.6) is 5.75 Å². The molecule has 1 aromatic heterocycles. The van der Waals surface area contributed by atoms with E-state index >= 15 is 0 Å². The first kappa shape index (κ1) is 23.9. The van der Waals surface area contributed by atoms with Crippen molar-refractivity contribution in [1.29, 1.82) is 0 Å². The van der Waals surface area contributed by atoms with Crippen molar-refractivity contribution in [2.75, 3.05) is 17.2 Å². The highest BCUT2D eigenvalue weighted by Crippen LogP contribution is 2.27. The number of nitrogens with one attached hydrogen (secondary N) is 3. The number of carbonyl (C=O) groups excluding carboxylic acids is 1. The fourth-order valence-corrected chi connectivity index (χ4v) is 5.66. The first-order valence-corrected chi connectivity index (χ1v) is 13.3. The number of aliphatic carboxylic acids is 1. The van der Waals surface area contributed by atoms with Gasteiger partial charge in [0.25, 0.3) is 0 Å². The Hall–Kier alpha value is -3.80. The van der Waals surface area contributed by atoms with Gasteiger partial charge in [-0.1, -0.05) is 12.8 Å². The zero-order valence-corrected chi connectivity index (χ0v) is 20.3. The van der Waals surface area contributed by atoms with E-state index in [0.717, 1.165) is 18.5 Å². The van der Waals surface area contributed by atoms with Crippen LogP contribution in [0.25, 0.3) is 11.0 Å². The number of rotatable bonds is 7. The topological polar surface area (TPSA) is 154 Å². The van der Waals surface area contributed by atoms with Gasteiger partial charge in [-0.05, 0) is 62.1 Å². The van der Waals surface area contributed by atoms with Gasteiger partial charge in [-0.2, -0.15) is 8.42 Å². The highest BCUT2D eigenvalue weighted by Gasteiger charge is 2.34. The van der Waals surface area contributed by atoms with E-state index < -0.39 is 28.2 Å². The van der Waals surface area contributed by atoms with Gasteiger partial charge in [0.15, 0.2) is 0 Å². The Labute approximate surface area is 208 Å². The third-order valence-corrected chi connectivity index (χ3v) is 7.81. The highest BCUT2D eigenvalue weighted by atomic mass is 32.2. The minimum atomic E-state index is -4.06. The number of imidazole rings is 1. The van der Waals surface area contributed by atoms with Crippen LogP contribution in [0.2, 0.25) is 0 Å². The fourth-order valence-electron chi connectivity index (χ4n) is 4.74. The van der Waals surface area contributed by atoms with Crippen molar-refractivity contribution in [3.05, 3.63) is 42.5 Å². The van der Waals surface area contributed by atoms with Gasteiger partial charge in [0.1, 0.15) is 16.7 Å². The molecule has 0 bridgehead atoms. The van der Waals surface area contributed by atoms with Crippen LogP contribution >= 0.6 is 0 Å². The van der Waals surface area contributed by atoms with Crippen LogP contribution in [0, 0.1) is 0 Å². The van der Waals surface area contributed by atoms with E-state index in [-0.39, 0.29) is 16.6 Å². The van der Waals surface area contributed by atoms with Crippen LogP contribution in [-0.2, 0) is 14.9 Å². The molecular weight excluding hydrogens is 486 g/mol. The van der Waals surface area contributed by atoms with Crippen LogP contribution in [-0.4, -0.2) is 59.0 Å². The minimum absolute atomic E-state index is 0.0377. The second kappa shape index (κ2) is 9.69. The molecule has 1 saturated heterocycles. The Morgan fingerprint density at radius 1 is 1.06 bits per heavy atom. The van der Waals surface area contributed by atoms with Crippen molar-refractivity contribution >= 4 is 44.8 Å². The number of urea groups is 1. The summed E-state index contributed by atoms with van der Waals surface area (Å²) in [6.45, 7) is 0.344. The average Bonchev–Trinajstić information content (AvgIpc) is 3.59. The van der Waals surface area contributed by atoms with Crippen LogP contribution < -0.4 is 14.8 Å². The molecule has 4 N–H and O–H groups in total. The number of hydrogen-bond donors (Lipinski definition) is 4. The summed E-state index contributed by atoms with van der Waals surface area (Å²) >= 11 is 0. The van der Waals surface area contributed by atoms with E-state index in [0.29, 0.717) is 36.5 Å². The number of aromatic nitrogens is 2. The summed E-state index contributed by atoms with van der Waals surface area (Å²) in [5.74, 6) is -0.839. The number of carboxylic acid groups (broad SMARTS) is 1. The van der Waals surface area contributed by atoms with Crippen molar-refractivity contribution < 1.29 is 27.3 Å². The standard InChI is InChI=1S/C24H27N5O6S/c30-22(31)21-6-3-13-29(21)24(32)28-23-26-19-12-9-17(14-20(19)27-23)35-36(33,34)18-10-7-16(8-11-18)25-15-4-1-2-5-15/h7-12,14-15,21,25H,1-6,13H2,(H,30,31)(H2,26,27,28,32)/t21-/m0/s1. The lowest BCUT2D eigenvalue weighted by Crippen LogP contribution is -2.42. The van der Waals surface area contributed by atoms with Gasteiger partial charge >= 0.3 is 22.1 Å². The number of amides is 2. The van der Waals surface area contributed by atoms with Crippen LogP contribution in [0.1, 0.15) is 38.5 Å². The van der Waals surface area contributed by atoms with Crippen molar-refractivity contribution in [2.45, 2.75) is 55.5 Å². The number of anilines is 2. The van der Waals surface area contributed by atoms with E-state index in [1.165, 1.54) is 42.0 Å². The minimum Gasteiger partial charge on any atom is -0.480 e. The molecule has 5 rings (SSSR count). The van der Waals surface area contributed by atoms with Crippen molar-refractivity contribution in [1.82, 2.24) is 14.9 Å². The predicted molar refractivity (Wildman–Crippen MR) is 133 cm³/mol. The zero-order valence-electron chi connectivity index (χ0n) is 19.4. The normalized spacial score (nSPS) is 18.4. The number of nitrogens with zero attached hydrogens (tertiary/aromatic N) is 2.